The van der Waals surface area contributed by atoms with Crippen LogP contribution in [0, 0.1) is 0 Å². The smallest absolute Gasteiger partial charge is 0.273 e. The molecule has 2 aromatic heterocycles. The molecule has 0 saturated carbocycles. The van der Waals surface area contributed by atoms with Gasteiger partial charge >= 0.3 is 0 Å². The van der Waals surface area contributed by atoms with Gasteiger partial charge in [0.25, 0.3) is 5.91 Å². The largest absolute Gasteiger partial charge is 0.497 e. The molecule has 0 aliphatic heterocycles. The number of carbonyl (C=O) groups excluding carboxylic acids is 1. The molecule has 4 rings (SSSR count). The van der Waals surface area contributed by atoms with Crippen molar-refractivity contribution < 1.29 is 9.53 Å². The maximum absolute atomic E-state index is 12.7. The zero-order valence-corrected chi connectivity index (χ0v) is 16.4. The fourth-order valence-electron chi connectivity index (χ4n) is 2.63. The maximum Gasteiger partial charge on any atom is 0.273 e. The maximum atomic E-state index is 12.7. The Kier molecular flexibility index (Phi) is 4.78. The molecule has 0 aliphatic rings. The van der Waals surface area contributed by atoms with Gasteiger partial charge in [0.1, 0.15) is 11.4 Å². The van der Waals surface area contributed by atoms with Crippen LogP contribution < -0.4 is 10.1 Å². The second kappa shape index (κ2) is 7.23. The number of hydrogen-bond donors (Lipinski definition) is 1. The molecule has 0 fully saturated rings. The SMILES string of the molecule is COc1ccc(-c2cn3c(C(=O)Nc4cc(Cl)ccc4Cl)csc3n2)cc1. The summed E-state index contributed by atoms with van der Waals surface area (Å²) in [4.78, 5) is 18.0. The minimum absolute atomic E-state index is 0.288. The molecule has 27 heavy (non-hydrogen) atoms. The van der Waals surface area contributed by atoms with Crippen LogP contribution in [0.4, 0.5) is 5.69 Å². The number of thiazole rings is 1. The number of carbonyl (C=O) groups is 1. The van der Waals surface area contributed by atoms with Gasteiger partial charge in [-0.15, -0.1) is 11.3 Å². The fourth-order valence-corrected chi connectivity index (χ4v) is 3.82. The predicted molar refractivity (Wildman–Crippen MR) is 109 cm³/mol. The van der Waals surface area contributed by atoms with Gasteiger partial charge in [0, 0.05) is 22.2 Å². The number of rotatable bonds is 4. The van der Waals surface area contributed by atoms with Crippen molar-refractivity contribution in [3.8, 4) is 17.0 Å². The standard InChI is InChI=1S/C19H13Cl2N3O2S/c1-26-13-5-2-11(3-6-13)16-9-24-17(10-27-19(24)23-16)18(25)22-15-8-12(20)4-7-14(15)21/h2-10H,1H3,(H,22,25). The van der Waals surface area contributed by atoms with Crippen molar-refractivity contribution in [1.29, 1.82) is 0 Å². The fraction of sp³-hybridized carbons (Fsp3) is 0.0526. The zero-order chi connectivity index (χ0) is 19.0. The lowest BCUT2D eigenvalue weighted by atomic mass is 10.2. The number of aromatic nitrogens is 2. The molecule has 0 spiro atoms. The highest BCUT2D eigenvalue weighted by molar-refractivity contribution is 7.15. The van der Waals surface area contributed by atoms with Crippen LogP contribution in [-0.2, 0) is 0 Å². The summed E-state index contributed by atoms with van der Waals surface area (Å²) in [7, 11) is 1.62. The quantitative estimate of drug-likeness (QED) is 0.467. The summed E-state index contributed by atoms with van der Waals surface area (Å²) in [5.41, 5.74) is 2.65. The van der Waals surface area contributed by atoms with E-state index in [1.54, 1.807) is 35.1 Å². The van der Waals surface area contributed by atoms with Gasteiger partial charge in [-0.05, 0) is 42.5 Å². The summed E-state index contributed by atoms with van der Waals surface area (Å²) in [5, 5.41) is 5.47. The molecule has 0 saturated heterocycles. The van der Waals surface area contributed by atoms with E-state index >= 15 is 0 Å². The monoisotopic (exact) mass is 417 g/mol. The van der Waals surface area contributed by atoms with E-state index in [0.717, 1.165) is 22.0 Å². The lowest BCUT2D eigenvalue weighted by Gasteiger charge is -2.07. The number of imidazole rings is 1. The van der Waals surface area contributed by atoms with Crippen LogP contribution in [0.15, 0.2) is 54.0 Å². The molecule has 8 heteroatoms. The summed E-state index contributed by atoms with van der Waals surface area (Å²) in [6, 6.07) is 12.5. The molecule has 0 unspecified atom stereocenters. The Hall–Kier alpha value is -2.54. The molecule has 0 bridgehead atoms. The molecule has 4 aromatic rings. The molecule has 0 atom stereocenters. The first-order valence-corrected chi connectivity index (χ1v) is 9.56. The molecule has 1 N–H and O–H groups in total. The Morgan fingerprint density at radius 2 is 1.96 bits per heavy atom. The van der Waals surface area contributed by atoms with E-state index in [1.807, 2.05) is 30.5 Å². The van der Waals surface area contributed by atoms with Crippen molar-refractivity contribution in [3.63, 3.8) is 0 Å². The first-order chi connectivity index (χ1) is 13.0. The summed E-state index contributed by atoms with van der Waals surface area (Å²) in [5.74, 6) is 0.488. The number of nitrogens with zero attached hydrogens (tertiary/aromatic N) is 2. The number of benzene rings is 2. The number of amides is 1. The third kappa shape index (κ3) is 3.51. The summed E-state index contributed by atoms with van der Waals surface area (Å²) in [6.45, 7) is 0. The van der Waals surface area contributed by atoms with Crippen molar-refractivity contribution in [2.45, 2.75) is 0 Å². The van der Waals surface area contributed by atoms with Crippen molar-refractivity contribution in [3.05, 3.63) is 69.8 Å². The summed E-state index contributed by atoms with van der Waals surface area (Å²) in [6.07, 6.45) is 1.84. The van der Waals surface area contributed by atoms with Crippen molar-refractivity contribution in [2.24, 2.45) is 0 Å². The van der Waals surface area contributed by atoms with Crippen LogP contribution in [0.25, 0.3) is 16.2 Å². The topological polar surface area (TPSA) is 55.6 Å². The molecule has 136 valence electrons. The second-order valence-electron chi connectivity index (χ2n) is 5.71. The zero-order valence-electron chi connectivity index (χ0n) is 14.1. The third-order valence-corrected chi connectivity index (χ3v) is 5.41. The summed E-state index contributed by atoms with van der Waals surface area (Å²) >= 11 is 13.5. The first kappa shape index (κ1) is 17.9. The highest BCUT2D eigenvalue weighted by Gasteiger charge is 2.16. The lowest BCUT2D eigenvalue weighted by molar-refractivity contribution is 0.102. The van der Waals surface area contributed by atoms with Crippen molar-refractivity contribution in [1.82, 2.24) is 9.38 Å². The molecular formula is C19H13Cl2N3O2S. The number of hydrogen-bond acceptors (Lipinski definition) is 4. The number of ether oxygens (including phenoxy) is 1. The van der Waals surface area contributed by atoms with Crippen LogP contribution >= 0.6 is 34.5 Å². The minimum Gasteiger partial charge on any atom is -0.497 e. The summed E-state index contributed by atoms with van der Waals surface area (Å²) < 4.78 is 6.94. The normalized spacial score (nSPS) is 10.9. The molecule has 0 aliphatic carbocycles. The highest BCUT2D eigenvalue weighted by Crippen LogP contribution is 2.28. The minimum atomic E-state index is -0.288. The molecule has 2 aromatic carbocycles. The average molecular weight is 418 g/mol. The predicted octanol–water partition coefficient (Wildman–Crippen LogP) is 5.63. The number of halogens is 2. The molecule has 2 heterocycles. The van der Waals surface area contributed by atoms with Crippen molar-refractivity contribution in [2.75, 3.05) is 12.4 Å². The van der Waals surface area contributed by atoms with E-state index in [0.29, 0.717) is 21.4 Å². The Morgan fingerprint density at radius 1 is 1.19 bits per heavy atom. The van der Waals surface area contributed by atoms with Crippen LogP contribution in [-0.4, -0.2) is 22.4 Å². The van der Waals surface area contributed by atoms with Crippen LogP contribution in [0.3, 0.4) is 0 Å². The molecule has 5 nitrogen and oxygen atoms in total. The Balaban J connectivity index is 1.65. The Bertz CT molecular complexity index is 1140. The molecule has 0 radical (unpaired) electrons. The second-order valence-corrected chi connectivity index (χ2v) is 7.39. The van der Waals surface area contributed by atoms with Gasteiger partial charge in [-0.2, -0.15) is 0 Å². The van der Waals surface area contributed by atoms with E-state index in [4.69, 9.17) is 27.9 Å². The van der Waals surface area contributed by atoms with Crippen LogP contribution in [0.1, 0.15) is 10.5 Å². The van der Waals surface area contributed by atoms with E-state index in [-0.39, 0.29) is 5.91 Å². The third-order valence-electron chi connectivity index (χ3n) is 4.00. The van der Waals surface area contributed by atoms with Gasteiger partial charge in [-0.25, -0.2) is 4.98 Å². The molecule has 1 amide bonds. The van der Waals surface area contributed by atoms with E-state index < -0.39 is 0 Å². The first-order valence-electron chi connectivity index (χ1n) is 7.92. The van der Waals surface area contributed by atoms with E-state index in [1.165, 1.54) is 11.3 Å². The Labute approximate surface area is 169 Å². The van der Waals surface area contributed by atoms with Gasteiger partial charge < -0.3 is 10.1 Å². The van der Waals surface area contributed by atoms with Gasteiger partial charge in [-0.3, -0.25) is 9.20 Å². The van der Waals surface area contributed by atoms with Crippen LogP contribution in [0.5, 0.6) is 5.75 Å². The highest BCUT2D eigenvalue weighted by atomic mass is 35.5. The van der Waals surface area contributed by atoms with Gasteiger partial charge in [-0.1, -0.05) is 23.2 Å². The number of methoxy groups -OCH3 is 1. The lowest BCUT2D eigenvalue weighted by Crippen LogP contribution is -2.14. The van der Waals surface area contributed by atoms with Gasteiger partial charge in [0.2, 0.25) is 0 Å². The van der Waals surface area contributed by atoms with Crippen molar-refractivity contribution >= 4 is 51.1 Å². The van der Waals surface area contributed by atoms with Gasteiger partial charge in [0.05, 0.1) is 23.5 Å². The van der Waals surface area contributed by atoms with Crippen LogP contribution in [0.2, 0.25) is 10.0 Å². The number of anilines is 1. The van der Waals surface area contributed by atoms with E-state index in [9.17, 15) is 4.79 Å². The van der Waals surface area contributed by atoms with E-state index in [2.05, 4.69) is 10.3 Å². The molecular weight excluding hydrogens is 405 g/mol. The average Bonchev–Trinajstić information content (AvgIpc) is 3.25. The number of nitrogens with one attached hydrogen (secondary N) is 1. The Morgan fingerprint density at radius 3 is 2.70 bits per heavy atom. The number of fused-ring (bicyclic) bond motifs is 1. The van der Waals surface area contributed by atoms with Gasteiger partial charge in [0.15, 0.2) is 4.96 Å².